The van der Waals surface area contributed by atoms with Crippen molar-refractivity contribution >= 4 is 13.7 Å². The molecule has 1 saturated heterocycles. The highest BCUT2D eigenvalue weighted by atomic mass is 31.2. The Morgan fingerprint density at radius 2 is 1.94 bits per heavy atom. The van der Waals surface area contributed by atoms with Crippen LogP contribution in [0.2, 0.25) is 0 Å². The molecule has 2 aliphatic rings. The van der Waals surface area contributed by atoms with Gasteiger partial charge < -0.3 is 19.1 Å². The van der Waals surface area contributed by atoms with Gasteiger partial charge in [-0.2, -0.15) is 5.09 Å². The second-order valence-electron chi connectivity index (χ2n) is 8.93. The molecule has 2 N–H and O–H groups in total. The van der Waals surface area contributed by atoms with Gasteiger partial charge in [0.1, 0.15) is 17.4 Å². The summed E-state index contributed by atoms with van der Waals surface area (Å²) in [5.41, 5.74) is -0.0993. The normalized spacial score (nSPS) is 29.3. The van der Waals surface area contributed by atoms with E-state index in [0.717, 1.165) is 12.0 Å². The summed E-state index contributed by atoms with van der Waals surface area (Å²) in [4.78, 5) is 12.7. The molecule has 4 unspecified atom stereocenters. The van der Waals surface area contributed by atoms with Gasteiger partial charge in [0.2, 0.25) is 0 Å². The number of rotatable bonds is 9. The summed E-state index contributed by atoms with van der Waals surface area (Å²) in [6.45, 7) is 9.10. The maximum Gasteiger partial charge on any atom is 0.459 e. The Morgan fingerprint density at radius 3 is 2.42 bits per heavy atom. The van der Waals surface area contributed by atoms with Crippen molar-refractivity contribution in [2.24, 2.45) is 5.92 Å². The summed E-state index contributed by atoms with van der Waals surface area (Å²) >= 11 is 0. The quantitative estimate of drug-likeness (QED) is 0.429. The first kappa shape index (κ1) is 24.2. The average molecular weight is 455 g/mol. The summed E-state index contributed by atoms with van der Waals surface area (Å²) in [6.07, 6.45) is -0.0832. The zero-order chi connectivity index (χ0) is 22.8. The summed E-state index contributed by atoms with van der Waals surface area (Å²) in [7, 11) is -4.00. The Balaban J connectivity index is 1.79. The average Bonchev–Trinajstić information content (AvgIpc) is 2.91. The number of benzene rings is 1. The van der Waals surface area contributed by atoms with Gasteiger partial charge in [0.25, 0.3) is 0 Å². The van der Waals surface area contributed by atoms with Crippen molar-refractivity contribution in [2.45, 2.75) is 83.8 Å². The third-order valence-corrected chi connectivity index (χ3v) is 7.64. The van der Waals surface area contributed by atoms with Gasteiger partial charge in [0.05, 0.1) is 24.9 Å². The van der Waals surface area contributed by atoms with Crippen LogP contribution in [0.5, 0.6) is 5.75 Å². The Kier molecular flexibility index (Phi) is 7.49. The Labute approximate surface area is 184 Å². The lowest BCUT2D eigenvalue weighted by Gasteiger charge is -2.41. The molecular formula is C22H34NO7P. The summed E-state index contributed by atoms with van der Waals surface area (Å²) in [6, 6.07) is 7.05. The van der Waals surface area contributed by atoms with Gasteiger partial charge in [-0.05, 0) is 59.1 Å². The molecule has 1 saturated carbocycles. The van der Waals surface area contributed by atoms with E-state index < -0.39 is 31.5 Å². The molecule has 3 rings (SSSR count). The van der Waals surface area contributed by atoms with E-state index in [1.807, 2.05) is 32.9 Å². The largest absolute Gasteiger partial charge is 0.462 e. The number of nitrogens with one attached hydrogen (secondary N) is 1. The molecule has 1 heterocycles. The highest BCUT2D eigenvalue weighted by molar-refractivity contribution is 7.52. The van der Waals surface area contributed by atoms with Crippen molar-refractivity contribution in [1.29, 1.82) is 0 Å². The van der Waals surface area contributed by atoms with E-state index in [-0.39, 0.29) is 24.7 Å². The molecule has 174 valence electrons. The summed E-state index contributed by atoms with van der Waals surface area (Å²) in [5, 5.41) is 13.3. The van der Waals surface area contributed by atoms with Gasteiger partial charge in [-0.3, -0.25) is 9.32 Å². The minimum absolute atomic E-state index is 0.0713. The van der Waals surface area contributed by atoms with Crippen LogP contribution in [0.3, 0.4) is 0 Å². The van der Waals surface area contributed by atoms with E-state index in [4.69, 9.17) is 18.5 Å². The monoisotopic (exact) mass is 455 g/mol. The molecule has 31 heavy (non-hydrogen) atoms. The van der Waals surface area contributed by atoms with E-state index in [1.165, 1.54) is 0 Å². The molecule has 9 heteroatoms. The summed E-state index contributed by atoms with van der Waals surface area (Å²) < 4.78 is 36.4. The van der Waals surface area contributed by atoms with Crippen LogP contribution in [0.1, 0.15) is 52.5 Å². The number of aryl methyl sites for hydroxylation is 1. The molecular weight excluding hydrogens is 421 g/mol. The van der Waals surface area contributed by atoms with Crippen molar-refractivity contribution in [3.05, 3.63) is 29.8 Å². The van der Waals surface area contributed by atoms with Crippen LogP contribution in [0, 0.1) is 12.8 Å². The number of ether oxygens (including phenoxy) is 2. The lowest BCUT2D eigenvalue weighted by atomic mass is 9.78. The van der Waals surface area contributed by atoms with Crippen LogP contribution in [0.15, 0.2) is 24.3 Å². The van der Waals surface area contributed by atoms with Crippen LogP contribution in [-0.2, 0) is 23.4 Å². The second-order valence-corrected chi connectivity index (χ2v) is 10.6. The number of carbonyl (C=O) groups excluding carboxylic acids is 1. The van der Waals surface area contributed by atoms with Crippen molar-refractivity contribution < 1.29 is 33.0 Å². The lowest BCUT2D eigenvalue weighted by Crippen LogP contribution is -2.57. The zero-order valence-electron chi connectivity index (χ0n) is 18.9. The fourth-order valence-electron chi connectivity index (χ4n) is 3.71. The van der Waals surface area contributed by atoms with E-state index in [1.54, 1.807) is 26.0 Å². The number of aliphatic hydroxyl groups excluding tert-OH is 1. The van der Waals surface area contributed by atoms with E-state index in [9.17, 15) is 14.5 Å². The Morgan fingerprint density at radius 1 is 1.29 bits per heavy atom. The molecule has 1 aromatic rings. The standard InChI is InChI=1S/C22H34NO7P/c1-14(2)28-21(25)22(11-6-12-22)23-31(26,30-18-9-7-15(3)8-10-18)27-13-19-20(24)16(4)17(5)29-19/h7-10,14,16-17,19-20,24H,6,11-13H2,1-5H3,(H,23,26)/t16?,17?,19?,20-,31?/m0/s1. The van der Waals surface area contributed by atoms with Crippen LogP contribution in [0.4, 0.5) is 0 Å². The first-order valence-electron chi connectivity index (χ1n) is 10.9. The summed E-state index contributed by atoms with van der Waals surface area (Å²) in [5.74, 6) is -0.190. The number of carbonyl (C=O) groups is 1. The number of aliphatic hydroxyl groups is 1. The molecule has 1 aliphatic carbocycles. The lowest BCUT2D eigenvalue weighted by molar-refractivity contribution is -0.158. The third kappa shape index (κ3) is 5.68. The SMILES string of the molecule is Cc1ccc(OP(=O)(NC2(C(=O)OC(C)C)CCC2)OCC2OC(C)C(C)[C@@H]2O)cc1. The highest BCUT2D eigenvalue weighted by Gasteiger charge is 2.52. The molecule has 0 spiro atoms. The molecule has 0 amide bonds. The van der Waals surface area contributed by atoms with Gasteiger partial charge in [-0.25, -0.2) is 4.57 Å². The maximum absolute atomic E-state index is 13.8. The third-order valence-electron chi connectivity index (χ3n) is 6.00. The topological polar surface area (TPSA) is 103 Å². The van der Waals surface area contributed by atoms with Crippen LogP contribution in [-0.4, -0.2) is 47.6 Å². The maximum atomic E-state index is 13.8. The van der Waals surface area contributed by atoms with Crippen molar-refractivity contribution in [1.82, 2.24) is 5.09 Å². The molecule has 0 bridgehead atoms. The second kappa shape index (κ2) is 9.59. The molecule has 8 nitrogen and oxygen atoms in total. The number of hydrogen-bond donors (Lipinski definition) is 2. The van der Waals surface area contributed by atoms with Gasteiger partial charge in [-0.15, -0.1) is 0 Å². The van der Waals surface area contributed by atoms with E-state index in [2.05, 4.69) is 5.09 Å². The fraction of sp³-hybridized carbons (Fsp3) is 0.682. The minimum atomic E-state index is -4.00. The van der Waals surface area contributed by atoms with E-state index in [0.29, 0.717) is 18.6 Å². The van der Waals surface area contributed by atoms with Crippen molar-refractivity contribution in [2.75, 3.05) is 6.61 Å². The molecule has 5 atom stereocenters. The molecule has 2 fully saturated rings. The number of hydrogen-bond acceptors (Lipinski definition) is 7. The molecule has 0 radical (unpaired) electrons. The molecule has 1 aromatic carbocycles. The molecule has 1 aliphatic heterocycles. The smallest absolute Gasteiger partial charge is 0.459 e. The number of esters is 1. The first-order valence-corrected chi connectivity index (χ1v) is 12.4. The van der Waals surface area contributed by atoms with Crippen LogP contribution >= 0.6 is 7.75 Å². The minimum Gasteiger partial charge on any atom is -0.462 e. The van der Waals surface area contributed by atoms with Gasteiger partial charge in [0.15, 0.2) is 0 Å². The van der Waals surface area contributed by atoms with Crippen LogP contribution in [0.25, 0.3) is 0 Å². The van der Waals surface area contributed by atoms with Crippen molar-refractivity contribution in [3.8, 4) is 5.75 Å². The fourth-order valence-corrected chi connectivity index (χ4v) is 5.45. The molecule has 0 aromatic heterocycles. The predicted octanol–water partition coefficient (Wildman–Crippen LogP) is 3.75. The predicted molar refractivity (Wildman–Crippen MR) is 116 cm³/mol. The van der Waals surface area contributed by atoms with Gasteiger partial charge in [0, 0.05) is 5.92 Å². The van der Waals surface area contributed by atoms with E-state index >= 15 is 0 Å². The zero-order valence-corrected chi connectivity index (χ0v) is 19.8. The first-order chi connectivity index (χ1) is 14.5. The van der Waals surface area contributed by atoms with Crippen LogP contribution < -0.4 is 9.61 Å². The highest BCUT2D eigenvalue weighted by Crippen LogP contribution is 2.51. The Bertz CT molecular complexity index is 809. The Hall–Kier alpha value is -1.44. The van der Waals surface area contributed by atoms with Gasteiger partial charge >= 0.3 is 13.7 Å². The van der Waals surface area contributed by atoms with Crippen molar-refractivity contribution in [3.63, 3.8) is 0 Å². The van der Waals surface area contributed by atoms with Gasteiger partial charge in [-0.1, -0.05) is 24.6 Å².